The predicted molar refractivity (Wildman–Crippen MR) is 77.0 cm³/mol. The van der Waals surface area contributed by atoms with Crippen molar-refractivity contribution >= 4 is 10.8 Å². The van der Waals surface area contributed by atoms with Gasteiger partial charge >= 0.3 is 0 Å². The molecule has 0 aromatic heterocycles. The quantitative estimate of drug-likeness (QED) is 0.873. The highest BCUT2D eigenvalue weighted by Gasteiger charge is 2.15. The van der Waals surface area contributed by atoms with E-state index in [0.29, 0.717) is 0 Å². The Hall–Kier alpha value is -0.710. The first-order chi connectivity index (χ1) is 8.79. The van der Waals surface area contributed by atoms with Crippen molar-refractivity contribution < 1.29 is 4.21 Å². The molecule has 1 heterocycles. The topological polar surface area (TPSA) is 32.3 Å². The maximum Gasteiger partial charge on any atom is 0.0363 e. The molecule has 0 radical (unpaired) electrons. The van der Waals surface area contributed by atoms with Gasteiger partial charge in [0.25, 0.3) is 0 Å². The zero-order valence-electron chi connectivity index (χ0n) is 11.0. The highest BCUT2D eigenvalue weighted by atomic mass is 32.2. The summed E-state index contributed by atoms with van der Waals surface area (Å²) in [6.07, 6.45) is 0. The minimum absolute atomic E-state index is 0.583. The van der Waals surface area contributed by atoms with Crippen molar-refractivity contribution in [2.45, 2.75) is 20.0 Å². The molecule has 0 bridgehead atoms. The number of hydrogen-bond donors (Lipinski definition) is 1. The highest BCUT2D eigenvalue weighted by molar-refractivity contribution is 7.85. The molecule has 0 spiro atoms. The Labute approximate surface area is 112 Å². The number of nitrogens with zero attached hydrogens (tertiary/aromatic N) is 1. The molecule has 1 aliphatic heterocycles. The molecular formula is C14H22N2OS. The van der Waals surface area contributed by atoms with Gasteiger partial charge in [0.15, 0.2) is 0 Å². The van der Waals surface area contributed by atoms with Crippen LogP contribution in [0.2, 0.25) is 0 Å². The summed E-state index contributed by atoms with van der Waals surface area (Å²) in [5.74, 6) is 1.66. The fraction of sp³-hybridized carbons (Fsp3) is 0.571. The minimum atomic E-state index is -0.583. The van der Waals surface area contributed by atoms with E-state index in [1.54, 1.807) is 0 Å². The van der Waals surface area contributed by atoms with Crippen molar-refractivity contribution in [3.05, 3.63) is 35.4 Å². The third-order valence-electron chi connectivity index (χ3n) is 3.35. The van der Waals surface area contributed by atoms with Crippen LogP contribution in [-0.2, 0) is 23.9 Å². The van der Waals surface area contributed by atoms with Gasteiger partial charge in [-0.05, 0) is 17.7 Å². The number of hydrogen-bond acceptors (Lipinski definition) is 3. The van der Waals surface area contributed by atoms with Crippen LogP contribution in [0.3, 0.4) is 0 Å². The van der Waals surface area contributed by atoms with Gasteiger partial charge in [0.05, 0.1) is 0 Å². The molecule has 4 heteroatoms. The van der Waals surface area contributed by atoms with E-state index in [1.165, 1.54) is 11.1 Å². The average Bonchev–Trinajstić information content (AvgIpc) is 2.40. The van der Waals surface area contributed by atoms with Gasteiger partial charge in [-0.15, -0.1) is 0 Å². The van der Waals surface area contributed by atoms with E-state index in [9.17, 15) is 4.21 Å². The van der Waals surface area contributed by atoms with E-state index in [0.717, 1.165) is 44.2 Å². The van der Waals surface area contributed by atoms with E-state index in [4.69, 9.17) is 0 Å². The summed E-state index contributed by atoms with van der Waals surface area (Å²) < 4.78 is 11.3. The fourth-order valence-corrected chi connectivity index (χ4v) is 3.35. The van der Waals surface area contributed by atoms with Gasteiger partial charge in [0.1, 0.15) is 0 Å². The Morgan fingerprint density at radius 2 is 1.89 bits per heavy atom. The molecule has 0 unspecified atom stereocenters. The first kappa shape index (κ1) is 13.7. The molecule has 2 rings (SSSR count). The third-order valence-corrected chi connectivity index (χ3v) is 4.62. The molecule has 18 heavy (non-hydrogen) atoms. The molecule has 1 aromatic rings. The van der Waals surface area contributed by atoms with Crippen LogP contribution >= 0.6 is 0 Å². The van der Waals surface area contributed by atoms with Gasteiger partial charge in [-0.25, -0.2) is 0 Å². The van der Waals surface area contributed by atoms with E-state index in [1.807, 2.05) is 0 Å². The molecule has 1 N–H and O–H groups in total. The molecule has 0 aliphatic carbocycles. The van der Waals surface area contributed by atoms with E-state index >= 15 is 0 Å². The summed E-state index contributed by atoms with van der Waals surface area (Å²) in [6.45, 7) is 6.97. The third kappa shape index (κ3) is 3.90. The monoisotopic (exact) mass is 266 g/mol. The molecule has 0 atom stereocenters. The lowest BCUT2D eigenvalue weighted by Crippen LogP contribution is -2.37. The normalized spacial score (nSPS) is 18.1. The molecule has 1 saturated heterocycles. The number of nitrogens with one attached hydrogen (secondary N) is 1. The average molecular weight is 266 g/mol. The zero-order valence-corrected chi connectivity index (χ0v) is 11.8. The Kier molecular flexibility index (Phi) is 5.35. The lowest BCUT2D eigenvalue weighted by Gasteiger charge is -2.27. The Bertz CT molecular complexity index is 399. The molecule has 100 valence electrons. The van der Waals surface area contributed by atoms with Gasteiger partial charge in [0.2, 0.25) is 0 Å². The van der Waals surface area contributed by atoms with Crippen molar-refractivity contribution in [1.29, 1.82) is 0 Å². The molecule has 1 aliphatic rings. The summed E-state index contributed by atoms with van der Waals surface area (Å²) in [7, 11) is -0.583. The second-order valence-electron chi connectivity index (χ2n) is 4.67. The first-order valence-electron chi connectivity index (χ1n) is 6.64. The maximum absolute atomic E-state index is 11.3. The number of benzene rings is 1. The van der Waals surface area contributed by atoms with Crippen molar-refractivity contribution in [2.24, 2.45) is 0 Å². The van der Waals surface area contributed by atoms with Gasteiger partial charge in [-0.3, -0.25) is 9.11 Å². The fourth-order valence-electron chi connectivity index (χ4n) is 2.22. The van der Waals surface area contributed by atoms with Crippen molar-refractivity contribution in [1.82, 2.24) is 10.2 Å². The second kappa shape index (κ2) is 7.02. The molecule has 1 fully saturated rings. The Morgan fingerprint density at radius 3 is 2.56 bits per heavy atom. The maximum atomic E-state index is 11.3. The van der Waals surface area contributed by atoms with Gasteiger partial charge < -0.3 is 5.32 Å². The van der Waals surface area contributed by atoms with Crippen LogP contribution in [0.1, 0.15) is 18.1 Å². The summed E-state index contributed by atoms with van der Waals surface area (Å²) in [4.78, 5) is 2.41. The largest absolute Gasteiger partial charge is 0.313 e. The summed E-state index contributed by atoms with van der Waals surface area (Å²) >= 11 is 0. The standard InChI is InChI=1S/C14H22N2OS/c1-2-15-11-13-5-3-4-6-14(13)12-16-7-9-18(17)10-8-16/h3-6,15H,2,7-12H2,1H3. The van der Waals surface area contributed by atoms with Crippen LogP contribution in [-0.4, -0.2) is 40.2 Å². The zero-order chi connectivity index (χ0) is 12.8. The van der Waals surface area contributed by atoms with Crippen LogP contribution in [0.5, 0.6) is 0 Å². The van der Waals surface area contributed by atoms with Crippen molar-refractivity contribution in [3.63, 3.8) is 0 Å². The molecule has 0 amide bonds. The van der Waals surface area contributed by atoms with E-state index < -0.39 is 10.8 Å². The van der Waals surface area contributed by atoms with Crippen molar-refractivity contribution in [3.8, 4) is 0 Å². The molecule has 1 aromatic carbocycles. The Morgan fingerprint density at radius 1 is 1.22 bits per heavy atom. The van der Waals surface area contributed by atoms with E-state index in [2.05, 4.69) is 41.4 Å². The summed E-state index contributed by atoms with van der Waals surface area (Å²) in [6, 6.07) is 8.60. The first-order valence-corrected chi connectivity index (χ1v) is 8.13. The lowest BCUT2D eigenvalue weighted by atomic mass is 10.1. The van der Waals surface area contributed by atoms with Gasteiger partial charge in [0, 0.05) is 48.5 Å². The van der Waals surface area contributed by atoms with Crippen molar-refractivity contribution in [2.75, 3.05) is 31.1 Å². The minimum Gasteiger partial charge on any atom is -0.313 e. The molecular weight excluding hydrogens is 244 g/mol. The van der Waals surface area contributed by atoms with Crippen LogP contribution in [0.4, 0.5) is 0 Å². The predicted octanol–water partition coefficient (Wildman–Crippen LogP) is 1.36. The van der Waals surface area contributed by atoms with Gasteiger partial charge in [-0.2, -0.15) is 0 Å². The van der Waals surface area contributed by atoms with E-state index in [-0.39, 0.29) is 0 Å². The van der Waals surface area contributed by atoms with Crippen LogP contribution < -0.4 is 5.32 Å². The number of rotatable bonds is 5. The smallest absolute Gasteiger partial charge is 0.0363 e. The summed E-state index contributed by atoms with van der Waals surface area (Å²) in [5.41, 5.74) is 2.78. The lowest BCUT2D eigenvalue weighted by molar-refractivity contribution is 0.290. The highest BCUT2D eigenvalue weighted by Crippen LogP contribution is 2.13. The van der Waals surface area contributed by atoms with Crippen LogP contribution in [0.15, 0.2) is 24.3 Å². The van der Waals surface area contributed by atoms with Crippen LogP contribution in [0, 0.1) is 0 Å². The van der Waals surface area contributed by atoms with Crippen LogP contribution in [0.25, 0.3) is 0 Å². The SMILES string of the molecule is CCNCc1ccccc1CN1CCS(=O)CC1. The molecule has 0 saturated carbocycles. The second-order valence-corrected chi connectivity index (χ2v) is 6.37. The Balaban J connectivity index is 1.97. The van der Waals surface area contributed by atoms with Gasteiger partial charge in [-0.1, -0.05) is 31.2 Å². The molecule has 3 nitrogen and oxygen atoms in total. The summed E-state index contributed by atoms with van der Waals surface area (Å²) in [5, 5.41) is 3.38.